The Labute approximate surface area is 179 Å². The molecule has 0 aliphatic carbocycles. The SMILES string of the molecule is COCc1nc(N2CCC(c3nncn3C)CC2)c2c(-c3ccccc3)csc2n1. The fourth-order valence-corrected chi connectivity index (χ4v) is 5.19. The van der Waals surface area contributed by atoms with Gasteiger partial charge in [-0.05, 0) is 18.4 Å². The summed E-state index contributed by atoms with van der Waals surface area (Å²) in [5, 5.41) is 11.7. The molecular weight excluding hydrogens is 396 g/mol. The monoisotopic (exact) mass is 420 g/mol. The number of aryl methyl sites for hydroxylation is 1. The van der Waals surface area contributed by atoms with Crippen molar-refractivity contribution in [2.45, 2.75) is 25.4 Å². The van der Waals surface area contributed by atoms with E-state index in [0.717, 1.165) is 53.6 Å². The second-order valence-corrected chi connectivity index (χ2v) is 8.51. The van der Waals surface area contributed by atoms with Crippen molar-refractivity contribution in [1.82, 2.24) is 24.7 Å². The summed E-state index contributed by atoms with van der Waals surface area (Å²) in [6.45, 7) is 2.27. The van der Waals surface area contributed by atoms with Crippen molar-refractivity contribution >= 4 is 27.4 Å². The van der Waals surface area contributed by atoms with E-state index in [1.54, 1.807) is 24.8 Å². The number of ether oxygens (including phenoxy) is 1. The first-order chi connectivity index (χ1) is 14.7. The van der Waals surface area contributed by atoms with Gasteiger partial charge in [0.05, 0.1) is 5.39 Å². The van der Waals surface area contributed by atoms with E-state index in [4.69, 9.17) is 14.7 Å². The van der Waals surface area contributed by atoms with Gasteiger partial charge in [-0.3, -0.25) is 0 Å². The van der Waals surface area contributed by atoms with Gasteiger partial charge in [0.2, 0.25) is 0 Å². The molecule has 0 bridgehead atoms. The smallest absolute Gasteiger partial charge is 0.158 e. The third-order valence-electron chi connectivity index (χ3n) is 5.73. The highest BCUT2D eigenvalue weighted by atomic mass is 32.1. The van der Waals surface area contributed by atoms with Crippen LogP contribution in [0.5, 0.6) is 0 Å². The van der Waals surface area contributed by atoms with Crippen LogP contribution in [0.2, 0.25) is 0 Å². The molecule has 0 unspecified atom stereocenters. The van der Waals surface area contributed by atoms with E-state index < -0.39 is 0 Å². The molecule has 1 aliphatic rings. The number of anilines is 1. The predicted octanol–water partition coefficient (Wildman–Crippen LogP) is 4.02. The van der Waals surface area contributed by atoms with E-state index in [-0.39, 0.29) is 0 Å². The lowest BCUT2D eigenvalue weighted by atomic mass is 9.95. The zero-order valence-corrected chi connectivity index (χ0v) is 18.0. The Morgan fingerprint density at radius 2 is 1.93 bits per heavy atom. The summed E-state index contributed by atoms with van der Waals surface area (Å²) in [6, 6.07) is 10.5. The summed E-state index contributed by atoms with van der Waals surface area (Å²) < 4.78 is 7.37. The predicted molar refractivity (Wildman–Crippen MR) is 119 cm³/mol. The second-order valence-electron chi connectivity index (χ2n) is 7.65. The fourth-order valence-electron chi connectivity index (χ4n) is 4.23. The zero-order chi connectivity index (χ0) is 20.5. The quantitative estimate of drug-likeness (QED) is 0.486. The second kappa shape index (κ2) is 8.12. The van der Waals surface area contributed by atoms with Crippen molar-refractivity contribution in [1.29, 1.82) is 0 Å². The Kier molecular flexibility index (Phi) is 5.18. The van der Waals surface area contributed by atoms with Crippen LogP contribution in [-0.4, -0.2) is 44.9 Å². The van der Waals surface area contributed by atoms with Crippen molar-refractivity contribution in [3.8, 4) is 11.1 Å². The molecule has 1 saturated heterocycles. The summed E-state index contributed by atoms with van der Waals surface area (Å²) in [6.07, 6.45) is 3.84. The van der Waals surface area contributed by atoms with E-state index in [1.165, 1.54) is 11.1 Å². The summed E-state index contributed by atoms with van der Waals surface area (Å²) in [5.74, 6) is 3.25. The average molecular weight is 421 g/mol. The van der Waals surface area contributed by atoms with E-state index in [2.05, 4.69) is 44.7 Å². The molecule has 1 fully saturated rings. The molecule has 1 aromatic carbocycles. The Bertz CT molecular complexity index is 1150. The molecule has 0 N–H and O–H groups in total. The lowest BCUT2D eigenvalue weighted by Gasteiger charge is -2.33. The van der Waals surface area contributed by atoms with E-state index in [1.807, 2.05) is 17.7 Å². The topological polar surface area (TPSA) is 69.0 Å². The van der Waals surface area contributed by atoms with Crippen LogP contribution in [0.15, 0.2) is 42.0 Å². The third-order valence-corrected chi connectivity index (χ3v) is 6.60. The number of hydrogen-bond acceptors (Lipinski definition) is 7. The molecule has 1 aliphatic heterocycles. The fraction of sp³-hybridized carbons (Fsp3) is 0.364. The highest BCUT2D eigenvalue weighted by Gasteiger charge is 2.27. The van der Waals surface area contributed by atoms with Gasteiger partial charge in [0.15, 0.2) is 5.82 Å². The molecule has 0 amide bonds. The molecule has 0 saturated carbocycles. The van der Waals surface area contributed by atoms with Gasteiger partial charge in [-0.1, -0.05) is 30.3 Å². The van der Waals surface area contributed by atoms with Crippen LogP contribution in [-0.2, 0) is 18.4 Å². The van der Waals surface area contributed by atoms with Crippen molar-refractivity contribution in [2.75, 3.05) is 25.1 Å². The Morgan fingerprint density at radius 3 is 2.63 bits per heavy atom. The number of aromatic nitrogens is 5. The molecule has 0 spiro atoms. The van der Waals surface area contributed by atoms with Crippen molar-refractivity contribution in [3.63, 3.8) is 0 Å². The lowest BCUT2D eigenvalue weighted by Crippen LogP contribution is -2.34. The number of rotatable bonds is 5. The van der Waals surface area contributed by atoms with Gasteiger partial charge >= 0.3 is 0 Å². The molecule has 4 heterocycles. The molecule has 3 aromatic heterocycles. The minimum atomic E-state index is 0.414. The van der Waals surface area contributed by atoms with Crippen LogP contribution < -0.4 is 4.90 Å². The number of thiophene rings is 1. The standard InChI is InChI=1S/C22H24N6OS/c1-27-14-23-26-20(27)16-8-10-28(11-9-16)21-19-17(15-6-4-3-5-7-15)13-30-22(19)25-18(24-21)12-29-2/h3-7,13-14,16H,8-12H2,1-2H3. The van der Waals surface area contributed by atoms with Crippen LogP contribution in [0, 0.1) is 0 Å². The van der Waals surface area contributed by atoms with Crippen molar-refractivity contribution in [2.24, 2.45) is 7.05 Å². The summed E-state index contributed by atoms with van der Waals surface area (Å²) in [7, 11) is 3.70. The van der Waals surface area contributed by atoms with Crippen LogP contribution in [0.25, 0.3) is 21.3 Å². The van der Waals surface area contributed by atoms with Crippen LogP contribution >= 0.6 is 11.3 Å². The maximum absolute atomic E-state index is 5.33. The Morgan fingerprint density at radius 1 is 1.13 bits per heavy atom. The number of fused-ring (bicyclic) bond motifs is 1. The van der Waals surface area contributed by atoms with Crippen LogP contribution in [0.4, 0.5) is 5.82 Å². The Balaban J connectivity index is 1.52. The zero-order valence-electron chi connectivity index (χ0n) is 17.2. The molecule has 4 aromatic rings. The van der Waals surface area contributed by atoms with Gasteiger partial charge in [-0.15, -0.1) is 21.5 Å². The maximum atomic E-state index is 5.33. The number of nitrogens with zero attached hydrogens (tertiary/aromatic N) is 6. The molecule has 7 nitrogen and oxygen atoms in total. The molecule has 8 heteroatoms. The first kappa shape index (κ1) is 19.1. The van der Waals surface area contributed by atoms with E-state index in [9.17, 15) is 0 Å². The normalized spacial score (nSPS) is 15.2. The highest BCUT2D eigenvalue weighted by molar-refractivity contribution is 7.17. The first-order valence-corrected chi connectivity index (χ1v) is 11.0. The first-order valence-electron chi connectivity index (χ1n) is 10.2. The van der Waals surface area contributed by atoms with Crippen molar-refractivity contribution in [3.05, 3.63) is 53.7 Å². The number of methoxy groups -OCH3 is 1. The molecule has 0 atom stereocenters. The molecular formula is C22H24N6OS. The van der Waals surface area contributed by atoms with Gasteiger partial charge in [0.1, 0.15) is 29.4 Å². The summed E-state index contributed by atoms with van der Waals surface area (Å²) in [5.41, 5.74) is 2.40. The lowest BCUT2D eigenvalue weighted by molar-refractivity contribution is 0.178. The van der Waals surface area contributed by atoms with Crippen molar-refractivity contribution < 1.29 is 4.74 Å². The van der Waals surface area contributed by atoms with Gasteiger partial charge in [-0.25, -0.2) is 9.97 Å². The number of benzene rings is 1. The van der Waals surface area contributed by atoms with E-state index in [0.29, 0.717) is 12.5 Å². The largest absolute Gasteiger partial charge is 0.377 e. The van der Waals surface area contributed by atoms with Gasteiger partial charge in [-0.2, -0.15) is 0 Å². The maximum Gasteiger partial charge on any atom is 0.158 e. The molecule has 5 rings (SSSR count). The number of hydrogen-bond donors (Lipinski definition) is 0. The summed E-state index contributed by atoms with van der Waals surface area (Å²) in [4.78, 5) is 13.1. The van der Waals surface area contributed by atoms with Gasteiger partial charge < -0.3 is 14.2 Å². The number of piperidine rings is 1. The average Bonchev–Trinajstić information content (AvgIpc) is 3.40. The van der Waals surface area contributed by atoms with Gasteiger partial charge in [0, 0.05) is 44.1 Å². The van der Waals surface area contributed by atoms with E-state index >= 15 is 0 Å². The minimum Gasteiger partial charge on any atom is -0.377 e. The highest BCUT2D eigenvalue weighted by Crippen LogP contribution is 2.40. The van der Waals surface area contributed by atoms with Crippen LogP contribution in [0.3, 0.4) is 0 Å². The Hall–Kier alpha value is -2.84. The molecule has 30 heavy (non-hydrogen) atoms. The minimum absolute atomic E-state index is 0.414. The third kappa shape index (κ3) is 3.46. The molecule has 154 valence electrons. The molecule has 0 radical (unpaired) electrons. The van der Waals surface area contributed by atoms with Crippen LogP contribution in [0.1, 0.15) is 30.4 Å². The summed E-state index contributed by atoms with van der Waals surface area (Å²) >= 11 is 1.67. The van der Waals surface area contributed by atoms with Gasteiger partial charge in [0.25, 0.3) is 0 Å².